The fourth-order valence-electron chi connectivity index (χ4n) is 3.47. The molecule has 5 heteroatoms. The summed E-state index contributed by atoms with van der Waals surface area (Å²) >= 11 is 0. The zero-order valence-electron chi connectivity index (χ0n) is 12.4. The molecule has 4 atom stereocenters. The predicted octanol–water partition coefficient (Wildman–Crippen LogP) is 1.27. The predicted molar refractivity (Wildman–Crippen MR) is 74.1 cm³/mol. The van der Waals surface area contributed by atoms with Crippen molar-refractivity contribution in [3.05, 3.63) is 12.3 Å². The molecule has 3 rings (SSSR count). The third-order valence-corrected chi connectivity index (χ3v) is 4.46. The van der Waals surface area contributed by atoms with Crippen molar-refractivity contribution in [3.63, 3.8) is 0 Å². The monoisotopic (exact) mass is 283 g/mol. The van der Waals surface area contributed by atoms with Crippen molar-refractivity contribution in [2.24, 2.45) is 0 Å². The summed E-state index contributed by atoms with van der Waals surface area (Å²) in [7, 11) is 0. The van der Waals surface area contributed by atoms with Gasteiger partial charge in [-0.2, -0.15) is 0 Å². The van der Waals surface area contributed by atoms with E-state index in [0.29, 0.717) is 12.4 Å². The van der Waals surface area contributed by atoms with E-state index in [1.807, 2.05) is 13.8 Å². The molecule has 3 fully saturated rings. The van der Waals surface area contributed by atoms with E-state index in [4.69, 9.17) is 14.2 Å². The normalized spacial score (nSPS) is 41.9. The topological polar surface area (TPSA) is 51.2 Å². The molecule has 0 aromatic carbocycles. The third kappa shape index (κ3) is 2.60. The standard InChI is InChI=1S/C15H25NO4/c1-10-12(16-7-5-4-6-8-16)13(17)14(19-10)11-9-18-15(2,3)20-11/h11-14,17H,1,4-9H2,2-3H3/t11-,12+,13-,14-/m1/s1. The van der Waals surface area contributed by atoms with Crippen molar-refractivity contribution in [2.75, 3.05) is 19.7 Å². The lowest BCUT2D eigenvalue weighted by atomic mass is 10.00. The van der Waals surface area contributed by atoms with E-state index in [-0.39, 0.29) is 18.2 Å². The first-order valence-corrected chi connectivity index (χ1v) is 7.57. The van der Waals surface area contributed by atoms with Crippen LogP contribution in [0.4, 0.5) is 0 Å². The van der Waals surface area contributed by atoms with E-state index >= 15 is 0 Å². The minimum atomic E-state index is -0.599. The van der Waals surface area contributed by atoms with Crippen LogP contribution in [0, 0.1) is 0 Å². The summed E-state index contributed by atoms with van der Waals surface area (Å²) < 4.78 is 17.2. The molecule has 3 aliphatic heterocycles. The van der Waals surface area contributed by atoms with Crippen LogP contribution in [0.25, 0.3) is 0 Å². The summed E-state index contributed by atoms with van der Waals surface area (Å²) in [6, 6.07) is -0.104. The van der Waals surface area contributed by atoms with Gasteiger partial charge in [0.15, 0.2) is 11.9 Å². The SMILES string of the molecule is C=C1O[C@H]([C@H]2COC(C)(C)O2)[C@H](O)[C@H]1N1CCCCC1. The van der Waals surface area contributed by atoms with E-state index in [1.165, 1.54) is 19.3 Å². The highest BCUT2D eigenvalue weighted by Crippen LogP contribution is 2.35. The summed E-state index contributed by atoms with van der Waals surface area (Å²) in [5.41, 5.74) is 0. The number of rotatable bonds is 2. The molecule has 0 aliphatic carbocycles. The van der Waals surface area contributed by atoms with Gasteiger partial charge in [0.25, 0.3) is 0 Å². The van der Waals surface area contributed by atoms with Crippen molar-refractivity contribution in [1.82, 2.24) is 4.90 Å². The summed E-state index contributed by atoms with van der Waals surface area (Å²) in [6.45, 7) is 10.2. The number of piperidine rings is 1. The fourth-order valence-corrected chi connectivity index (χ4v) is 3.47. The second kappa shape index (κ2) is 5.30. The van der Waals surface area contributed by atoms with E-state index in [1.54, 1.807) is 0 Å². The molecular formula is C15H25NO4. The average Bonchev–Trinajstić information content (AvgIpc) is 2.90. The molecule has 20 heavy (non-hydrogen) atoms. The van der Waals surface area contributed by atoms with Crippen LogP contribution < -0.4 is 0 Å². The number of hydrogen-bond donors (Lipinski definition) is 1. The van der Waals surface area contributed by atoms with Gasteiger partial charge >= 0.3 is 0 Å². The summed E-state index contributed by atoms with van der Waals surface area (Å²) in [5.74, 6) is 0.0656. The van der Waals surface area contributed by atoms with E-state index in [0.717, 1.165) is 13.1 Å². The van der Waals surface area contributed by atoms with Gasteiger partial charge in [0.05, 0.1) is 12.6 Å². The van der Waals surface area contributed by atoms with Crippen LogP contribution in [-0.4, -0.2) is 59.8 Å². The van der Waals surface area contributed by atoms with Crippen LogP contribution in [0.1, 0.15) is 33.1 Å². The first-order valence-electron chi connectivity index (χ1n) is 7.57. The second-order valence-corrected chi connectivity index (χ2v) is 6.45. The Morgan fingerprint density at radius 3 is 2.55 bits per heavy atom. The molecule has 0 aromatic heterocycles. The zero-order chi connectivity index (χ0) is 14.3. The van der Waals surface area contributed by atoms with Gasteiger partial charge in [0, 0.05) is 0 Å². The average molecular weight is 283 g/mol. The molecule has 3 saturated heterocycles. The van der Waals surface area contributed by atoms with Crippen LogP contribution in [0.15, 0.2) is 12.3 Å². The maximum Gasteiger partial charge on any atom is 0.163 e. The van der Waals surface area contributed by atoms with Gasteiger partial charge in [-0.05, 0) is 39.8 Å². The van der Waals surface area contributed by atoms with Crippen LogP contribution in [0.5, 0.6) is 0 Å². The quantitative estimate of drug-likeness (QED) is 0.827. The highest BCUT2D eigenvalue weighted by molar-refractivity contribution is 5.13. The number of nitrogens with zero attached hydrogens (tertiary/aromatic N) is 1. The van der Waals surface area contributed by atoms with Gasteiger partial charge < -0.3 is 19.3 Å². The molecule has 0 radical (unpaired) electrons. The molecule has 5 nitrogen and oxygen atoms in total. The Kier molecular flexibility index (Phi) is 3.79. The van der Waals surface area contributed by atoms with Gasteiger partial charge in [-0.1, -0.05) is 13.0 Å². The summed E-state index contributed by atoms with van der Waals surface area (Å²) in [4.78, 5) is 2.29. The van der Waals surface area contributed by atoms with Crippen molar-refractivity contribution in [1.29, 1.82) is 0 Å². The lowest BCUT2D eigenvalue weighted by molar-refractivity contribution is -0.156. The highest BCUT2D eigenvalue weighted by atomic mass is 16.8. The Bertz CT molecular complexity index is 378. The molecule has 0 spiro atoms. The molecule has 0 unspecified atom stereocenters. The van der Waals surface area contributed by atoms with Crippen LogP contribution in [0.2, 0.25) is 0 Å². The fraction of sp³-hybridized carbons (Fsp3) is 0.867. The van der Waals surface area contributed by atoms with Crippen molar-refractivity contribution in [2.45, 2.75) is 63.3 Å². The van der Waals surface area contributed by atoms with Crippen LogP contribution in [-0.2, 0) is 14.2 Å². The molecule has 0 amide bonds. The first kappa shape index (κ1) is 14.3. The van der Waals surface area contributed by atoms with Crippen molar-refractivity contribution in [3.8, 4) is 0 Å². The molecule has 0 aromatic rings. The molecular weight excluding hydrogens is 258 g/mol. The number of aliphatic hydroxyl groups excluding tert-OH is 1. The first-order chi connectivity index (χ1) is 9.48. The maximum atomic E-state index is 10.6. The Hall–Kier alpha value is -0.620. The van der Waals surface area contributed by atoms with Gasteiger partial charge in [-0.3, -0.25) is 4.90 Å². The third-order valence-electron chi connectivity index (χ3n) is 4.46. The highest BCUT2D eigenvalue weighted by Gasteiger charge is 2.50. The molecule has 3 heterocycles. The summed E-state index contributed by atoms with van der Waals surface area (Å²) in [5, 5.41) is 10.6. The number of ether oxygens (including phenoxy) is 3. The van der Waals surface area contributed by atoms with Gasteiger partial charge in [-0.25, -0.2) is 0 Å². The maximum absolute atomic E-state index is 10.6. The molecule has 1 N–H and O–H groups in total. The van der Waals surface area contributed by atoms with E-state index < -0.39 is 11.9 Å². The minimum absolute atomic E-state index is 0.104. The molecule has 3 aliphatic rings. The number of likely N-dealkylation sites (tertiary alicyclic amines) is 1. The van der Waals surface area contributed by atoms with E-state index in [9.17, 15) is 5.11 Å². The Morgan fingerprint density at radius 1 is 1.25 bits per heavy atom. The Balaban J connectivity index is 1.68. The second-order valence-electron chi connectivity index (χ2n) is 6.45. The Morgan fingerprint density at radius 2 is 1.95 bits per heavy atom. The van der Waals surface area contributed by atoms with Gasteiger partial charge in [-0.15, -0.1) is 0 Å². The number of aliphatic hydroxyl groups is 1. The van der Waals surface area contributed by atoms with E-state index in [2.05, 4.69) is 11.5 Å². The number of hydrogen-bond acceptors (Lipinski definition) is 5. The van der Waals surface area contributed by atoms with Gasteiger partial charge in [0.1, 0.15) is 18.0 Å². The minimum Gasteiger partial charge on any atom is -0.488 e. The zero-order valence-corrected chi connectivity index (χ0v) is 12.4. The van der Waals surface area contributed by atoms with Crippen molar-refractivity contribution < 1.29 is 19.3 Å². The summed E-state index contributed by atoms with van der Waals surface area (Å²) in [6.07, 6.45) is 2.42. The lowest BCUT2D eigenvalue weighted by Gasteiger charge is -2.33. The largest absolute Gasteiger partial charge is 0.488 e. The lowest BCUT2D eigenvalue weighted by Crippen LogP contribution is -2.48. The van der Waals surface area contributed by atoms with Crippen molar-refractivity contribution >= 4 is 0 Å². The molecule has 114 valence electrons. The molecule has 0 bridgehead atoms. The van der Waals surface area contributed by atoms with Crippen LogP contribution in [0.3, 0.4) is 0 Å². The Labute approximate surface area is 120 Å². The van der Waals surface area contributed by atoms with Crippen LogP contribution >= 0.6 is 0 Å². The smallest absolute Gasteiger partial charge is 0.163 e. The molecule has 0 saturated carbocycles. The van der Waals surface area contributed by atoms with Gasteiger partial charge in [0.2, 0.25) is 0 Å².